The molecule has 1 saturated heterocycles. The summed E-state index contributed by atoms with van der Waals surface area (Å²) >= 11 is 0. The number of aromatic nitrogens is 2. The summed E-state index contributed by atoms with van der Waals surface area (Å²) in [5, 5.41) is 11.6. The van der Waals surface area contributed by atoms with Crippen LogP contribution in [-0.2, 0) is 10.0 Å². The van der Waals surface area contributed by atoms with Gasteiger partial charge in [0.1, 0.15) is 0 Å². The summed E-state index contributed by atoms with van der Waals surface area (Å²) in [5.74, 6) is 0.337. The molecule has 2 fully saturated rings. The number of piperazine rings is 1. The second-order valence-electron chi connectivity index (χ2n) is 10.4. The van der Waals surface area contributed by atoms with Crippen LogP contribution in [0.25, 0.3) is 10.9 Å². The Morgan fingerprint density at radius 3 is 2.56 bits per heavy atom. The van der Waals surface area contributed by atoms with Crippen LogP contribution in [0.2, 0.25) is 0 Å². The molecule has 2 aromatic carbocycles. The lowest BCUT2D eigenvalue weighted by Gasteiger charge is -2.34. The standard InChI is InChI=1S/C29H32N6O3S/c1-34-13-15-35(16-14-34)23-8-6-22(7-9-23)32-28(21-3-2-12-30-19-21)27-25-17-24(10-11-26(25)33-29(27)36)39(37,38)31-18-20-4-5-20/h2-3,6-12,17,19-20,31,33,36H,4-5,13-16,18H2,1H3. The van der Waals surface area contributed by atoms with Crippen molar-refractivity contribution in [3.8, 4) is 5.88 Å². The van der Waals surface area contributed by atoms with E-state index in [1.807, 2.05) is 24.3 Å². The molecule has 202 valence electrons. The van der Waals surface area contributed by atoms with Crippen LogP contribution >= 0.6 is 0 Å². The number of rotatable bonds is 8. The molecule has 0 amide bonds. The number of likely N-dealkylation sites (N-methyl/N-ethyl adjacent to an activating group) is 1. The number of anilines is 1. The Balaban J connectivity index is 1.40. The van der Waals surface area contributed by atoms with E-state index in [4.69, 9.17) is 4.99 Å². The first-order chi connectivity index (χ1) is 18.9. The van der Waals surface area contributed by atoms with Crippen LogP contribution in [0.4, 0.5) is 11.4 Å². The number of benzene rings is 2. The van der Waals surface area contributed by atoms with Gasteiger partial charge in [0.05, 0.1) is 21.9 Å². The van der Waals surface area contributed by atoms with Gasteiger partial charge in [0.25, 0.3) is 0 Å². The average Bonchev–Trinajstić information content (AvgIpc) is 3.73. The van der Waals surface area contributed by atoms with Crippen LogP contribution in [0.15, 0.2) is 76.9 Å². The molecule has 0 atom stereocenters. The molecule has 0 radical (unpaired) electrons. The van der Waals surface area contributed by atoms with Gasteiger partial charge in [-0.05, 0) is 80.4 Å². The van der Waals surface area contributed by atoms with Gasteiger partial charge in [0, 0.05) is 67.3 Å². The number of fused-ring (bicyclic) bond motifs is 1. The van der Waals surface area contributed by atoms with Crippen molar-refractivity contribution >= 4 is 38.0 Å². The number of hydrogen-bond donors (Lipinski definition) is 3. The van der Waals surface area contributed by atoms with Crippen molar-refractivity contribution in [3.05, 3.63) is 78.1 Å². The summed E-state index contributed by atoms with van der Waals surface area (Å²) in [7, 11) is -1.55. The van der Waals surface area contributed by atoms with Crippen LogP contribution in [0.3, 0.4) is 0 Å². The molecule has 0 bridgehead atoms. The number of aromatic amines is 1. The monoisotopic (exact) mass is 544 g/mol. The van der Waals surface area contributed by atoms with Crippen LogP contribution in [0, 0.1) is 5.92 Å². The predicted octanol–water partition coefficient (Wildman–Crippen LogP) is 3.88. The fourth-order valence-corrected chi connectivity index (χ4v) is 6.04. The molecule has 6 rings (SSSR count). The molecule has 3 N–H and O–H groups in total. The molecule has 2 aliphatic rings. The quantitative estimate of drug-likeness (QED) is 0.290. The highest BCUT2D eigenvalue weighted by Gasteiger charge is 2.26. The third-order valence-electron chi connectivity index (χ3n) is 7.45. The SMILES string of the molecule is CN1CCN(c2ccc(N=C(c3cccnc3)c3c(O)[nH]c4ccc(S(=O)(=O)NCC5CC5)cc34)cc2)CC1. The van der Waals surface area contributed by atoms with Crippen LogP contribution in [0.5, 0.6) is 5.88 Å². The van der Waals surface area contributed by atoms with Crippen molar-refractivity contribution in [1.29, 1.82) is 0 Å². The van der Waals surface area contributed by atoms with E-state index in [9.17, 15) is 13.5 Å². The van der Waals surface area contributed by atoms with Gasteiger partial charge in [-0.1, -0.05) is 0 Å². The van der Waals surface area contributed by atoms with E-state index in [1.165, 1.54) is 0 Å². The summed E-state index contributed by atoms with van der Waals surface area (Å²) in [6, 6.07) is 16.6. The molecule has 4 aromatic rings. The molecule has 9 nitrogen and oxygen atoms in total. The third kappa shape index (κ3) is 5.54. The molecule has 1 aliphatic carbocycles. The maximum absolute atomic E-state index is 13.0. The van der Waals surface area contributed by atoms with Crippen LogP contribution < -0.4 is 9.62 Å². The zero-order valence-electron chi connectivity index (χ0n) is 21.8. The molecular formula is C29H32N6O3S. The number of pyridine rings is 1. The first kappa shape index (κ1) is 25.5. The second kappa shape index (κ2) is 10.4. The van der Waals surface area contributed by atoms with Gasteiger partial charge in [-0.25, -0.2) is 18.1 Å². The highest BCUT2D eigenvalue weighted by atomic mass is 32.2. The first-order valence-electron chi connectivity index (χ1n) is 13.2. The van der Waals surface area contributed by atoms with E-state index in [1.54, 1.807) is 30.6 Å². The Morgan fingerprint density at radius 1 is 1.10 bits per heavy atom. The minimum atomic E-state index is -3.69. The van der Waals surface area contributed by atoms with Gasteiger partial charge in [-0.2, -0.15) is 0 Å². The average molecular weight is 545 g/mol. The lowest BCUT2D eigenvalue weighted by Crippen LogP contribution is -2.44. The van der Waals surface area contributed by atoms with E-state index in [0.29, 0.717) is 40.2 Å². The Kier molecular flexibility index (Phi) is 6.84. The number of aromatic hydroxyl groups is 1. The normalized spacial score (nSPS) is 17.2. The van der Waals surface area contributed by atoms with Crippen molar-refractivity contribution in [1.82, 2.24) is 19.6 Å². The molecule has 1 saturated carbocycles. The van der Waals surface area contributed by atoms with Crippen molar-refractivity contribution in [2.45, 2.75) is 17.7 Å². The van der Waals surface area contributed by atoms with Gasteiger partial charge in [0.2, 0.25) is 10.0 Å². The van der Waals surface area contributed by atoms with Crippen molar-refractivity contribution < 1.29 is 13.5 Å². The lowest BCUT2D eigenvalue weighted by molar-refractivity contribution is 0.313. The van der Waals surface area contributed by atoms with E-state index < -0.39 is 10.0 Å². The topological polar surface area (TPSA) is 114 Å². The smallest absolute Gasteiger partial charge is 0.240 e. The Bertz CT molecular complexity index is 1600. The number of nitrogens with zero attached hydrogens (tertiary/aromatic N) is 4. The van der Waals surface area contributed by atoms with E-state index in [2.05, 4.69) is 43.7 Å². The molecular weight excluding hydrogens is 512 g/mol. The zero-order valence-corrected chi connectivity index (χ0v) is 22.7. The minimum Gasteiger partial charge on any atom is -0.494 e. The Morgan fingerprint density at radius 2 is 1.87 bits per heavy atom. The van der Waals surface area contributed by atoms with Crippen molar-refractivity contribution in [3.63, 3.8) is 0 Å². The summed E-state index contributed by atoms with van der Waals surface area (Å²) in [4.78, 5) is 17.0. The highest BCUT2D eigenvalue weighted by molar-refractivity contribution is 7.89. The maximum atomic E-state index is 13.0. The number of nitrogens with one attached hydrogen (secondary N) is 2. The number of aliphatic imine (C=N–C) groups is 1. The van der Waals surface area contributed by atoms with Crippen LogP contribution in [-0.4, -0.2) is 73.9 Å². The summed E-state index contributed by atoms with van der Waals surface area (Å²) in [6.45, 7) is 4.45. The lowest BCUT2D eigenvalue weighted by atomic mass is 10.0. The fourth-order valence-electron chi connectivity index (χ4n) is 4.90. The number of H-pyrrole nitrogens is 1. The van der Waals surface area contributed by atoms with E-state index >= 15 is 0 Å². The van der Waals surface area contributed by atoms with Gasteiger partial charge < -0.3 is 19.9 Å². The molecule has 1 aliphatic heterocycles. The molecule has 0 spiro atoms. The fraction of sp³-hybridized carbons (Fsp3) is 0.310. The van der Waals surface area contributed by atoms with Crippen molar-refractivity contribution in [2.75, 3.05) is 44.7 Å². The predicted molar refractivity (Wildman–Crippen MR) is 154 cm³/mol. The molecule has 2 aromatic heterocycles. The second-order valence-corrected chi connectivity index (χ2v) is 12.1. The van der Waals surface area contributed by atoms with Crippen molar-refractivity contribution in [2.24, 2.45) is 10.9 Å². The summed E-state index contributed by atoms with van der Waals surface area (Å²) in [6.07, 6.45) is 5.47. The van der Waals surface area contributed by atoms with Gasteiger partial charge in [0.15, 0.2) is 5.88 Å². The van der Waals surface area contributed by atoms with Gasteiger partial charge >= 0.3 is 0 Å². The Labute approximate surface area is 228 Å². The summed E-state index contributed by atoms with van der Waals surface area (Å²) in [5.41, 5.74) is 4.12. The molecule has 39 heavy (non-hydrogen) atoms. The first-order valence-corrected chi connectivity index (χ1v) is 14.7. The zero-order chi connectivity index (χ0) is 27.0. The van der Waals surface area contributed by atoms with E-state index in [0.717, 1.165) is 50.4 Å². The third-order valence-corrected chi connectivity index (χ3v) is 8.87. The minimum absolute atomic E-state index is 0.0813. The van der Waals surface area contributed by atoms with Gasteiger partial charge in [-0.3, -0.25) is 4.98 Å². The summed E-state index contributed by atoms with van der Waals surface area (Å²) < 4.78 is 28.7. The maximum Gasteiger partial charge on any atom is 0.240 e. The number of hydrogen-bond acceptors (Lipinski definition) is 7. The largest absolute Gasteiger partial charge is 0.494 e. The van der Waals surface area contributed by atoms with E-state index in [-0.39, 0.29) is 10.8 Å². The molecule has 0 unspecified atom stereocenters. The van der Waals surface area contributed by atoms with Crippen LogP contribution in [0.1, 0.15) is 24.0 Å². The van der Waals surface area contributed by atoms with Gasteiger partial charge in [-0.15, -0.1) is 0 Å². The molecule has 3 heterocycles. The molecule has 10 heteroatoms. The Hall–Kier alpha value is -3.73. The highest BCUT2D eigenvalue weighted by Crippen LogP contribution is 2.34. The number of sulfonamides is 1.